The van der Waals surface area contributed by atoms with Crippen molar-refractivity contribution in [1.29, 1.82) is 0 Å². The SMILES string of the molecule is Fc1ccc(OCCOc2ccccc2CNc2ccccn2)cc1. The van der Waals surface area contributed by atoms with Crippen LogP contribution in [0.4, 0.5) is 10.2 Å². The molecule has 0 atom stereocenters. The van der Waals surface area contributed by atoms with Gasteiger partial charge in [-0.1, -0.05) is 24.3 Å². The average molecular weight is 338 g/mol. The minimum atomic E-state index is -0.280. The summed E-state index contributed by atoms with van der Waals surface area (Å²) in [6, 6.07) is 19.5. The van der Waals surface area contributed by atoms with Gasteiger partial charge in [0, 0.05) is 18.3 Å². The Hall–Kier alpha value is -3.08. The molecule has 0 amide bonds. The van der Waals surface area contributed by atoms with E-state index in [1.807, 2.05) is 42.5 Å². The number of para-hydroxylation sites is 1. The van der Waals surface area contributed by atoms with Gasteiger partial charge in [-0.3, -0.25) is 0 Å². The van der Waals surface area contributed by atoms with Crippen molar-refractivity contribution < 1.29 is 13.9 Å². The van der Waals surface area contributed by atoms with E-state index < -0.39 is 0 Å². The van der Waals surface area contributed by atoms with Gasteiger partial charge in [-0.25, -0.2) is 9.37 Å². The third-order valence-corrected chi connectivity index (χ3v) is 3.52. The Morgan fingerprint density at radius 1 is 0.840 bits per heavy atom. The first-order valence-electron chi connectivity index (χ1n) is 8.05. The zero-order chi connectivity index (χ0) is 17.3. The third kappa shape index (κ3) is 5.21. The highest BCUT2D eigenvalue weighted by Gasteiger charge is 2.04. The molecule has 0 radical (unpaired) electrons. The summed E-state index contributed by atoms with van der Waals surface area (Å²) in [4.78, 5) is 4.24. The number of ether oxygens (including phenoxy) is 2. The zero-order valence-corrected chi connectivity index (χ0v) is 13.7. The van der Waals surface area contributed by atoms with E-state index in [1.54, 1.807) is 18.3 Å². The van der Waals surface area contributed by atoms with Crippen LogP contribution in [-0.4, -0.2) is 18.2 Å². The standard InChI is InChI=1S/C20H19FN2O2/c21-17-8-10-18(11-9-17)24-13-14-25-19-6-2-1-5-16(19)15-23-20-7-3-4-12-22-20/h1-12H,13-15H2,(H,22,23). The maximum Gasteiger partial charge on any atom is 0.126 e. The molecule has 128 valence electrons. The highest BCUT2D eigenvalue weighted by atomic mass is 19.1. The molecular weight excluding hydrogens is 319 g/mol. The molecule has 3 aromatic rings. The number of aromatic nitrogens is 1. The van der Waals surface area contributed by atoms with Crippen LogP contribution in [0.3, 0.4) is 0 Å². The molecule has 0 unspecified atom stereocenters. The summed E-state index contributed by atoms with van der Waals surface area (Å²) >= 11 is 0. The van der Waals surface area contributed by atoms with E-state index in [0.29, 0.717) is 25.5 Å². The average Bonchev–Trinajstić information content (AvgIpc) is 2.66. The van der Waals surface area contributed by atoms with Gasteiger partial charge in [-0.05, 0) is 42.5 Å². The van der Waals surface area contributed by atoms with Crippen molar-refractivity contribution in [2.75, 3.05) is 18.5 Å². The lowest BCUT2D eigenvalue weighted by Crippen LogP contribution is -2.11. The van der Waals surface area contributed by atoms with Crippen LogP contribution in [-0.2, 0) is 6.54 Å². The number of nitrogens with zero attached hydrogens (tertiary/aromatic N) is 1. The number of pyridine rings is 1. The van der Waals surface area contributed by atoms with Crippen LogP contribution in [0.5, 0.6) is 11.5 Å². The molecule has 1 N–H and O–H groups in total. The molecule has 0 aliphatic rings. The number of nitrogens with one attached hydrogen (secondary N) is 1. The lowest BCUT2D eigenvalue weighted by atomic mass is 10.2. The van der Waals surface area contributed by atoms with Gasteiger partial charge in [0.15, 0.2) is 0 Å². The predicted molar refractivity (Wildman–Crippen MR) is 95.4 cm³/mol. The Bertz CT molecular complexity index is 779. The predicted octanol–water partition coefficient (Wildman–Crippen LogP) is 4.29. The largest absolute Gasteiger partial charge is 0.490 e. The summed E-state index contributed by atoms with van der Waals surface area (Å²) in [5, 5.41) is 3.27. The smallest absolute Gasteiger partial charge is 0.126 e. The molecule has 0 bridgehead atoms. The van der Waals surface area contributed by atoms with Crippen molar-refractivity contribution in [1.82, 2.24) is 4.98 Å². The maximum absolute atomic E-state index is 12.8. The number of hydrogen-bond acceptors (Lipinski definition) is 4. The molecule has 4 nitrogen and oxygen atoms in total. The van der Waals surface area contributed by atoms with E-state index in [2.05, 4.69) is 10.3 Å². The van der Waals surface area contributed by atoms with Crippen molar-refractivity contribution in [2.24, 2.45) is 0 Å². The number of halogens is 1. The molecular formula is C20H19FN2O2. The normalized spacial score (nSPS) is 10.3. The number of benzene rings is 2. The van der Waals surface area contributed by atoms with Crippen LogP contribution in [0.15, 0.2) is 72.9 Å². The fourth-order valence-electron chi connectivity index (χ4n) is 2.29. The van der Waals surface area contributed by atoms with Gasteiger partial charge in [0.1, 0.15) is 36.3 Å². The van der Waals surface area contributed by atoms with Crippen molar-refractivity contribution in [3.63, 3.8) is 0 Å². The van der Waals surface area contributed by atoms with Gasteiger partial charge in [0.25, 0.3) is 0 Å². The Labute approximate surface area is 146 Å². The van der Waals surface area contributed by atoms with Crippen LogP contribution in [0.25, 0.3) is 0 Å². The summed E-state index contributed by atoms with van der Waals surface area (Å²) in [5.74, 6) is 1.96. The van der Waals surface area contributed by atoms with Gasteiger partial charge >= 0.3 is 0 Å². The first-order chi connectivity index (χ1) is 12.3. The number of rotatable bonds is 8. The Morgan fingerprint density at radius 3 is 2.40 bits per heavy atom. The summed E-state index contributed by atoms with van der Waals surface area (Å²) in [6.45, 7) is 1.40. The lowest BCUT2D eigenvalue weighted by Gasteiger charge is -2.13. The molecule has 5 heteroatoms. The molecule has 1 aromatic heterocycles. The third-order valence-electron chi connectivity index (χ3n) is 3.52. The van der Waals surface area contributed by atoms with Gasteiger partial charge < -0.3 is 14.8 Å². The van der Waals surface area contributed by atoms with E-state index in [4.69, 9.17) is 9.47 Å². The van der Waals surface area contributed by atoms with E-state index in [9.17, 15) is 4.39 Å². The number of hydrogen-bond donors (Lipinski definition) is 1. The van der Waals surface area contributed by atoms with Crippen molar-refractivity contribution >= 4 is 5.82 Å². The minimum absolute atomic E-state index is 0.280. The van der Waals surface area contributed by atoms with Crippen LogP contribution >= 0.6 is 0 Å². The Balaban J connectivity index is 1.49. The van der Waals surface area contributed by atoms with Crippen molar-refractivity contribution in [3.05, 3.63) is 84.3 Å². The van der Waals surface area contributed by atoms with E-state index in [-0.39, 0.29) is 5.82 Å². The quantitative estimate of drug-likeness (QED) is 0.622. The molecule has 0 saturated heterocycles. The molecule has 3 rings (SSSR count). The van der Waals surface area contributed by atoms with Gasteiger partial charge in [-0.15, -0.1) is 0 Å². The Morgan fingerprint density at radius 2 is 1.60 bits per heavy atom. The van der Waals surface area contributed by atoms with Crippen molar-refractivity contribution in [2.45, 2.75) is 6.54 Å². The molecule has 0 aliphatic heterocycles. The fourth-order valence-corrected chi connectivity index (χ4v) is 2.29. The van der Waals surface area contributed by atoms with Gasteiger partial charge in [0.2, 0.25) is 0 Å². The van der Waals surface area contributed by atoms with Crippen molar-refractivity contribution in [3.8, 4) is 11.5 Å². The second-order valence-corrected chi connectivity index (χ2v) is 5.33. The Kier molecular flexibility index (Phi) is 5.82. The summed E-state index contributed by atoms with van der Waals surface area (Å²) < 4.78 is 24.2. The van der Waals surface area contributed by atoms with Crippen LogP contribution in [0.1, 0.15) is 5.56 Å². The fraction of sp³-hybridized carbons (Fsp3) is 0.150. The van der Waals surface area contributed by atoms with E-state index in [1.165, 1.54) is 12.1 Å². The molecule has 1 heterocycles. The molecule has 0 spiro atoms. The summed E-state index contributed by atoms with van der Waals surface area (Å²) in [5.41, 5.74) is 1.04. The van der Waals surface area contributed by atoms with E-state index >= 15 is 0 Å². The highest BCUT2D eigenvalue weighted by Crippen LogP contribution is 2.19. The van der Waals surface area contributed by atoms with Crippen LogP contribution in [0.2, 0.25) is 0 Å². The monoisotopic (exact) mass is 338 g/mol. The molecule has 0 fully saturated rings. The topological polar surface area (TPSA) is 43.4 Å². The minimum Gasteiger partial charge on any atom is -0.490 e. The molecule has 2 aromatic carbocycles. The maximum atomic E-state index is 12.8. The van der Waals surface area contributed by atoms with Gasteiger partial charge in [0.05, 0.1) is 0 Å². The molecule has 0 aliphatic carbocycles. The molecule has 25 heavy (non-hydrogen) atoms. The first kappa shape index (κ1) is 16.8. The highest BCUT2D eigenvalue weighted by molar-refractivity contribution is 5.39. The van der Waals surface area contributed by atoms with Crippen LogP contribution < -0.4 is 14.8 Å². The summed E-state index contributed by atoms with van der Waals surface area (Å²) in [6.07, 6.45) is 1.75. The van der Waals surface area contributed by atoms with Crippen LogP contribution in [0, 0.1) is 5.82 Å². The number of anilines is 1. The lowest BCUT2D eigenvalue weighted by molar-refractivity contribution is 0.216. The molecule has 0 saturated carbocycles. The summed E-state index contributed by atoms with van der Waals surface area (Å²) in [7, 11) is 0. The second-order valence-electron chi connectivity index (χ2n) is 5.33. The zero-order valence-electron chi connectivity index (χ0n) is 13.7. The first-order valence-corrected chi connectivity index (χ1v) is 8.05. The van der Waals surface area contributed by atoms with Gasteiger partial charge in [-0.2, -0.15) is 0 Å². The van der Waals surface area contributed by atoms with E-state index in [0.717, 1.165) is 17.1 Å². The second kappa shape index (κ2) is 8.68.